The molecule has 0 atom stereocenters. The van der Waals surface area contributed by atoms with Gasteiger partial charge in [-0.3, -0.25) is 4.79 Å². The van der Waals surface area contributed by atoms with Crippen molar-refractivity contribution in [1.29, 1.82) is 0 Å². The maximum Gasteiger partial charge on any atom is 0.255 e. The van der Waals surface area contributed by atoms with Gasteiger partial charge in [-0.25, -0.2) is 4.39 Å². The Balaban J connectivity index is 1.75. The first-order valence-electron chi connectivity index (χ1n) is 9.31. The number of nitrogens with one attached hydrogen (secondary N) is 1. The van der Waals surface area contributed by atoms with Gasteiger partial charge in [-0.1, -0.05) is 23.2 Å². The van der Waals surface area contributed by atoms with E-state index in [0.29, 0.717) is 27.8 Å². The van der Waals surface area contributed by atoms with Crippen LogP contribution in [0.4, 0.5) is 15.8 Å². The Kier molecular flexibility index (Phi) is 6.81. The van der Waals surface area contributed by atoms with Gasteiger partial charge in [0, 0.05) is 30.9 Å². The molecular formula is C21H23Cl2FN2O2. The Hall–Kier alpha value is -1.82. The maximum absolute atomic E-state index is 13.7. The number of aliphatic hydroxyl groups is 1. The average Bonchev–Trinajstić information content (AvgIpc) is 2.67. The summed E-state index contributed by atoms with van der Waals surface area (Å²) in [6.07, 6.45) is 2.80. The fraction of sp³-hybridized carbons (Fsp3) is 0.381. The molecular weight excluding hydrogens is 402 g/mol. The third-order valence-corrected chi connectivity index (χ3v) is 5.76. The summed E-state index contributed by atoms with van der Waals surface area (Å²) < 4.78 is 13.7. The zero-order chi connectivity index (χ0) is 20.3. The highest BCUT2D eigenvalue weighted by molar-refractivity contribution is 6.33. The quantitative estimate of drug-likeness (QED) is 0.684. The van der Waals surface area contributed by atoms with Gasteiger partial charge in [0.1, 0.15) is 5.82 Å². The number of rotatable bonds is 5. The second-order valence-electron chi connectivity index (χ2n) is 7.15. The summed E-state index contributed by atoms with van der Waals surface area (Å²) >= 11 is 12.2. The van der Waals surface area contributed by atoms with E-state index >= 15 is 0 Å². The molecule has 1 saturated heterocycles. The van der Waals surface area contributed by atoms with Gasteiger partial charge in [0.25, 0.3) is 5.91 Å². The molecule has 1 heterocycles. The standard InChI is InChI=1S/C21H23Cl2FN2O2/c1-13-10-16(12-18(23)20(13)24)25-21(28)15-2-3-17(22)19(11-15)26-7-4-14(5-8-26)6-9-27/h2-3,10-12,14,27H,4-9H2,1H3,(H,25,28). The fourth-order valence-electron chi connectivity index (χ4n) is 3.54. The summed E-state index contributed by atoms with van der Waals surface area (Å²) in [6, 6.07) is 8.10. The number of benzene rings is 2. The number of piperidine rings is 1. The first-order valence-corrected chi connectivity index (χ1v) is 10.1. The molecule has 2 aromatic carbocycles. The van der Waals surface area contributed by atoms with E-state index in [0.717, 1.165) is 38.0 Å². The Bertz CT molecular complexity index is 844. The van der Waals surface area contributed by atoms with Crippen LogP contribution in [-0.4, -0.2) is 30.7 Å². The van der Waals surface area contributed by atoms with E-state index in [1.807, 2.05) is 0 Å². The smallest absolute Gasteiger partial charge is 0.255 e. The molecule has 0 aromatic heterocycles. The van der Waals surface area contributed by atoms with Crippen molar-refractivity contribution >= 4 is 40.5 Å². The Morgan fingerprint density at radius 1 is 1.21 bits per heavy atom. The van der Waals surface area contributed by atoms with E-state index in [-0.39, 0.29) is 17.5 Å². The molecule has 2 aromatic rings. The number of anilines is 2. The number of nitrogens with zero attached hydrogens (tertiary/aromatic N) is 1. The second kappa shape index (κ2) is 9.12. The van der Waals surface area contributed by atoms with Gasteiger partial charge in [-0.2, -0.15) is 0 Å². The molecule has 28 heavy (non-hydrogen) atoms. The van der Waals surface area contributed by atoms with Crippen molar-refractivity contribution in [2.75, 3.05) is 29.9 Å². The monoisotopic (exact) mass is 424 g/mol. The lowest BCUT2D eigenvalue weighted by molar-refractivity contribution is 0.102. The van der Waals surface area contributed by atoms with Crippen molar-refractivity contribution < 1.29 is 14.3 Å². The van der Waals surface area contributed by atoms with Crippen molar-refractivity contribution in [3.8, 4) is 0 Å². The second-order valence-corrected chi connectivity index (χ2v) is 7.97. The molecule has 1 amide bonds. The lowest BCUT2D eigenvalue weighted by atomic mass is 9.93. The predicted octanol–water partition coefficient (Wildman–Crippen LogP) is 5.29. The molecule has 1 fully saturated rings. The molecule has 1 aliphatic rings. The van der Waals surface area contributed by atoms with Gasteiger partial charge in [0.05, 0.1) is 15.7 Å². The molecule has 0 aliphatic carbocycles. The molecule has 7 heteroatoms. The molecule has 0 radical (unpaired) electrons. The zero-order valence-electron chi connectivity index (χ0n) is 15.6. The number of hydrogen-bond acceptors (Lipinski definition) is 3. The van der Waals surface area contributed by atoms with E-state index in [2.05, 4.69) is 10.2 Å². The number of carbonyl (C=O) groups excluding carboxylic acids is 1. The van der Waals surface area contributed by atoms with Gasteiger partial charge in [0.2, 0.25) is 0 Å². The van der Waals surface area contributed by atoms with Crippen LogP contribution in [-0.2, 0) is 0 Å². The lowest BCUT2D eigenvalue weighted by Gasteiger charge is -2.34. The van der Waals surface area contributed by atoms with Crippen LogP contribution >= 0.6 is 23.2 Å². The lowest BCUT2D eigenvalue weighted by Crippen LogP contribution is -2.34. The number of hydrogen-bond donors (Lipinski definition) is 2. The summed E-state index contributed by atoms with van der Waals surface area (Å²) in [6.45, 7) is 3.48. The van der Waals surface area contributed by atoms with Gasteiger partial charge in [-0.05, 0) is 68.0 Å². The molecule has 2 N–H and O–H groups in total. The Morgan fingerprint density at radius 2 is 1.93 bits per heavy atom. The summed E-state index contributed by atoms with van der Waals surface area (Å²) in [7, 11) is 0. The van der Waals surface area contributed by atoms with E-state index in [1.54, 1.807) is 31.2 Å². The van der Waals surface area contributed by atoms with Crippen LogP contribution in [0.5, 0.6) is 0 Å². The van der Waals surface area contributed by atoms with Crippen LogP contribution in [0.2, 0.25) is 10.0 Å². The molecule has 1 aliphatic heterocycles. The minimum Gasteiger partial charge on any atom is -0.396 e. The number of aryl methyl sites for hydroxylation is 1. The van der Waals surface area contributed by atoms with Crippen LogP contribution < -0.4 is 10.2 Å². The van der Waals surface area contributed by atoms with E-state index in [4.69, 9.17) is 28.3 Å². The van der Waals surface area contributed by atoms with Gasteiger partial charge >= 0.3 is 0 Å². The summed E-state index contributed by atoms with van der Waals surface area (Å²) in [5, 5.41) is 12.4. The number of carbonyl (C=O) groups is 1. The maximum atomic E-state index is 13.7. The van der Waals surface area contributed by atoms with Crippen LogP contribution in [0.25, 0.3) is 0 Å². The van der Waals surface area contributed by atoms with E-state index in [1.165, 1.54) is 6.07 Å². The molecule has 0 saturated carbocycles. The number of aliphatic hydroxyl groups excluding tert-OH is 1. The highest BCUT2D eigenvalue weighted by Crippen LogP contribution is 2.32. The first-order chi connectivity index (χ1) is 13.4. The van der Waals surface area contributed by atoms with E-state index < -0.39 is 5.82 Å². The van der Waals surface area contributed by atoms with Crippen molar-refractivity contribution in [3.05, 3.63) is 57.3 Å². The van der Waals surface area contributed by atoms with E-state index in [9.17, 15) is 9.18 Å². The predicted molar refractivity (Wildman–Crippen MR) is 112 cm³/mol. The van der Waals surface area contributed by atoms with Crippen LogP contribution in [0.1, 0.15) is 35.2 Å². The van der Waals surface area contributed by atoms with Crippen molar-refractivity contribution in [3.63, 3.8) is 0 Å². The van der Waals surface area contributed by atoms with Gasteiger partial charge in [-0.15, -0.1) is 0 Å². The molecule has 150 valence electrons. The van der Waals surface area contributed by atoms with Crippen molar-refractivity contribution in [1.82, 2.24) is 0 Å². The summed E-state index contributed by atoms with van der Waals surface area (Å²) in [4.78, 5) is 14.8. The normalized spacial score (nSPS) is 15.0. The molecule has 0 bridgehead atoms. The van der Waals surface area contributed by atoms with Crippen LogP contribution in [0, 0.1) is 18.7 Å². The van der Waals surface area contributed by atoms with Gasteiger partial charge in [0.15, 0.2) is 0 Å². The van der Waals surface area contributed by atoms with Crippen molar-refractivity contribution in [2.45, 2.75) is 26.2 Å². The first kappa shape index (κ1) is 20.9. The average molecular weight is 425 g/mol. The Morgan fingerprint density at radius 3 is 2.57 bits per heavy atom. The fourth-order valence-corrected chi connectivity index (χ4v) is 4.05. The summed E-state index contributed by atoms with van der Waals surface area (Å²) in [5.74, 6) is -0.272. The van der Waals surface area contributed by atoms with Crippen LogP contribution in [0.3, 0.4) is 0 Å². The molecule has 3 rings (SSSR count). The molecule has 0 unspecified atom stereocenters. The highest BCUT2D eigenvalue weighted by Gasteiger charge is 2.21. The third-order valence-electron chi connectivity index (χ3n) is 5.17. The Labute approximate surface area is 174 Å². The zero-order valence-corrected chi connectivity index (χ0v) is 17.2. The summed E-state index contributed by atoms with van der Waals surface area (Å²) in [5.41, 5.74) is 2.10. The van der Waals surface area contributed by atoms with Crippen molar-refractivity contribution in [2.24, 2.45) is 5.92 Å². The third kappa shape index (κ3) is 4.77. The SMILES string of the molecule is Cc1cc(NC(=O)c2ccc(Cl)c(N3CCC(CCO)CC3)c2)cc(Cl)c1F. The largest absolute Gasteiger partial charge is 0.396 e. The molecule has 4 nitrogen and oxygen atoms in total. The minimum absolute atomic E-state index is 0.0298. The number of halogens is 3. The van der Waals surface area contributed by atoms with Gasteiger partial charge < -0.3 is 15.3 Å². The van der Waals surface area contributed by atoms with Crippen LogP contribution in [0.15, 0.2) is 30.3 Å². The number of amides is 1. The topological polar surface area (TPSA) is 52.6 Å². The minimum atomic E-state index is -0.488. The molecule has 0 spiro atoms. The highest BCUT2D eigenvalue weighted by atomic mass is 35.5.